The van der Waals surface area contributed by atoms with E-state index in [1.807, 2.05) is 63.2 Å². The number of amides is 1. The number of benzene rings is 1. The number of anilines is 2. The van der Waals surface area contributed by atoms with E-state index in [9.17, 15) is 4.79 Å². The maximum Gasteiger partial charge on any atom is 0.262 e. The molecule has 0 saturated heterocycles. The topological polar surface area (TPSA) is 54.5 Å². The first-order valence-electron chi connectivity index (χ1n) is 7.09. The molecule has 22 heavy (non-hydrogen) atoms. The van der Waals surface area contributed by atoms with Crippen LogP contribution >= 0.6 is 0 Å². The summed E-state index contributed by atoms with van der Waals surface area (Å²) < 4.78 is 5.57. The van der Waals surface area contributed by atoms with Crippen molar-refractivity contribution in [3.05, 3.63) is 47.7 Å². The van der Waals surface area contributed by atoms with Crippen LogP contribution in [-0.4, -0.2) is 31.6 Å². The van der Waals surface area contributed by atoms with Crippen molar-refractivity contribution in [2.75, 3.05) is 30.9 Å². The molecule has 1 N–H and O–H groups in total. The molecule has 0 saturated carbocycles. The number of hydrogen-bond acceptors (Lipinski definition) is 4. The predicted octanol–water partition coefficient (Wildman–Crippen LogP) is 2.78. The molecule has 0 bridgehead atoms. The summed E-state index contributed by atoms with van der Waals surface area (Å²) in [5.41, 5.74) is 2.84. The number of ether oxygens (including phenoxy) is 1. The minimum Gasteiger partial charge on any atom is -0.483 e. The first-order valence-corrected chi connectivity index (χ1v) is 7.09. The van der Waals surface area contributed by atoms with E-state index in [2.05, 4.69) is 10.3 Å². The molecule has 0 aliphatic rings. The number of aromatic nitrogens is 1. The highest BCUT2D eigenvalue weighted by atomic mass is 16.5. The molecular formula is C17H21N3O2. The van der Waals surface area contributed by atoms with E-state index in [0.717, 1.165) is 22.7 Å². The zero-order valence-electron chi connectivity index (χ0n) is 13.4. The van der Waals surface area contributed by atoms with E-state index in [0.29, 0.717) is 5.69 Å². The molecule has 0 radical (unpaired) electrons. The standard InChI is InChI=1S/C17H21N3O2/c1-12-6-5-7-15(13(12)2)22-11-17(21)19-14-8-9-16(18-10-14)20(3)4/h5-10H,11H2,1-4H3,(H,19,21). The van der Waals surface area contributed by atoms with Gasteiger partial charge in [-0.15, -0.1) is 0 Å². The van der Waals surface area contributed by atoms with E-state index in [-0.39, 0.29) is 12.5 Å². The SMILES string of the molecule is Cc1cccc(OCC(=O)Nc2ccc(N(C)C)nc2)c1C. The maximum absolute atomic E-state index is 11.9. The molecule has 0 aliphatic carbocycles. The zero-order valence-corrected chi connectivity index (χ0v) is 13.4. The molecule has 1 heterocycles. The molecule has 0 spiro atoms. The first kappa shape index (κ1) is 15.8. The van der Waals surface area contributed by atoms with Crippen LogP contribution < -0.4 is 15.0 Å². The Morgan fingerprint density at radius 1 is 1.23 bits per heavy atom. The van der Waals surface area contributed by atoms with Crippen LogP contribution in [0.25, 0.3) is 0 Å². The van der Waals surface area contributed by atoms with Gasteiger partial charge >= 0.3 is 0 Å². The number of pyridine rings is 1. The molecule has 1 aromatic heterocycles. The van der Waals surface area contributed by atoms with Crippen molar-refractivity contribution in [3.8, 4) is 5.75 Å². The lowest BCUT2D eigenvalue weighted by Gasteiger charge is -2.12. The molecule has 0 aliphatic heterocycles. The number of carbonyl (C=O) groups excluding carboxylic acids is 1. The average molecular weight is 299 g/mol. The van der Waals surface area contributed by atoms with E-state index in [4.69, 9.17) is 4.74 Å². The van der Waals surface area contributed by atoms with E-state index >= 15 is 0 Å². The molecule has 2 rings (SSSR count). The van der Waals surface area contributed by atoms with Crippen molar-refractivity contribution in [2.45, 2.75) is 13.8 Å². The number of nitrogens with one attached hydrogen (secondary N) is 1. The maximum atomic E-state index is 11.9. The lowest BCUT2D eigenvalue weighted by atomic mass is 10.1. The van der Waals surface area contributed by atoms with Gasteiger partial charge in [0.2, 0.25) is 0 Å². The highest BCUT2D eigenvalue weighted by molar-refractivity contribution is 5.91. The molecule has 5 heteroatoms. The Balaban J connectivity index is 1.91. The van der Waals surface area contributed by atoms with Crippen LogP contribution in [-0.2, 0) is 4.79 Å². The molecule has 0 fully saturated rings. The van der Waals surface area contributed by atoms with Crippen LogP contribution in [0.4, 0.5) is 11.5 Å². The summed E-state index contributed by atoms with van der Waals surface area (Å²) in [6.45, 7) is 3.96. The summed E-state index contributed by atoms with van der Waals surface area (Å²) >= 11 is 0. The van der Waals surface area contributed by atoms with Crippen LogP contribution in [0.15, 0.2) is 36.5 Å². The van der Waals surface area contributed by atoms with Crippen LogP contribution in [0, 0.1) is 13.8 Å². The third-order valence-electron chi connectivity index (χ3n) is 3.40. The fourth-order valence-corrected chi connectivity index (χ4v) is 1.95. The lowest BCUT2D eigenvalue weighted by molar-refractivity contribution is -0.118. The number of nitrogens with zero attached hydrogens (tertiary/aromatic N) is 2. The van der Waals surface area contributed by atoms with Gasteiger partial charge in [0.1, 0.15) is 11.6 Å². The van der Waals surface area contributed by atoms with Gasteiger partial charge in [0.15, 0.2) is 6.61 Å². The second kappa shape index (κ2) is 6.93. The largest absolute Gasteiger partial charge is 0.483 e. The van der Waals surface area contributed by atoms with Gasteiger partial charge in [0.25, 0.3) is 5.91 Å². The summed E-state index contributed by atoms with van der Waals surface area (Å²) in [6, 6.07) is 9.46. The lowest BCUT2D eigenvalue weighted by Crippen LogP contribution is -2.20. The predicted molar refractivity (Wildman–Crippen MR) is 88.6 cm³/mol. The van der Waals surface area contributed by atoms with Crippen molar-refractivity contribution >= 4 is 17.4 Å². The van der Waals surface area contributed by atoms with Gasteiger partial charge in [-0.3, -0.25) is 4.79 Å². The Morgan fingerprint density at radius 3 is 2.64 bits per heavy atom. The summed E-state index contributed by atoms with van der Waals surface area (Å²) in [7, 11) is 3.83. The Morgan fingerprint density at radius 2 is 2.00 bits per heavy atom. The van der Waals surface area contributed by atoms with Crippen LogP contribution in [0.3, 0.4) is 0 Å². The molecule has 0 atom stereocenters. The summed E-state index contributed by atoms with van der Waals surface area (Å²) in [6.07, 6.45) is 1.63. The third-order valence-corrected chi connectivity index (χ3v) is 3.40. The molecule has 2 aromatic rings. The Bertz CT molecular complexity index is 651. The first-order chi connectivity index (χ1) is 10.5. The normalized spacial score (nSPS) is 10.2. The van der Waals surface area contributed by atoms with Crippen molar-refractivity contribution in [2.24, 2.45) is 0 Å². The quantitative estimate of drug-likeness (QED) is 0.922. The van der Waals surface area contributed by atoms with Gasteiger partial charge in [-0.25, -0.2) is 4.98 Å². The van der Waals surface area contributed by atoms with Crippen LogP contribution in [0.1, 0.15) is 11.1 Å². The van der Waals surface area contributed by atoms with Gasteiger partial charge in [0.05, 0.1) is 11.9 Å². The number of rotatable bonds is 5. The van der Waals surface area contributed by atoms with Crippen molar-refractivity contribution in [1.29, 1.82) is 0 Å². The van der Waals surface area contributed by atoms with Crippen molar-refractivity contribution in [3.63, 3.8) is 0 Å². The fraction of sp³-hybridized carbons (Fsp3) is 0.294. The van der Waals surface area contributed by atoms with E-state index < -0.39 is 0 Å². The van der Waals surface area contributed by atoms with Gasteiger partial charge in [-0.05, 0) is 43.2 Å². The average Bonchev–Trinajstić information content (AvgIpc) is 2.49. The van der Waals surface area contributed by atoms with Gasteiger partial charge < -0.3 is 15.0 Å². The molecule has 5 nitrogen and oxygen atoms in total. The minimum atomic E-state index is -0.208. The molecule has 1 amide bonds. The summed E-state index contributed by atoms with van der Waals surface area (Å²) in [4.78, 5) is 18.1. The molecule has 0 unspecified atom stereocenters. The Hall–Kier alpha value is -2.56. The van der Waals surface area contributed by atoms with Crippen molar-refractivity contribution in [1.82, 2.24) is 4.98 Å². The minimum absolute atomic E-state index is 0.0281. The smallest absolute Gasteiger partial charge is 0.262 e. The van der Waals surface area contributed by atoms with Crippen LogP contribution in [0.2, 0.25) is 0 Å². The molecule has 116 valence electrons. The number of hydrogen-bond donors (Lipinski definition) is 1. The number of aryl methyl sites for hydroxylation is 1. The third kappa shape index (κ3) is 3.97. The zero-order chi connectivity index (χ0) is 16.1. The van der Waals surface area contributed by atoms with Gasteiger partial charge in [0, 0.05) is 14.1 Å². The second-order valence-electron chi connectivity index (χ2n) is 5.33. The summed E-state index contributed by atoms with van der Waals surface area (Å²) in [5, 5.41) is 2.77. The highest BCUT2D eigenvalue weighted by Crippen LogP contribution is 2.20. The highest BCUT2D eigenvalue weighted by Gasteiger charge is 2.07. The van der Waals surface area contributed by atoms with Crippen molar-refractivity contribution < 1.29 is 9.53 Å². The van der Waals surface area contributed by atoms with Crippen LogP contribution in [0.5, 0.6) is 5.75 Å². The fourth-order valence-electron chi connectivity index (χ4n) is 1.95. The second-order valence-corrected chi connectivity index (χ2v) is 5.33. The van der Waals surface area contributed by atoms with E-state index in [1.54, 1.807) is 6.20 Å². The number of carbonyl (C=O) groups is 1. The summed E-state index contributed by atoms with van der Waals surface area (Å²) in [5.74, 6) is 1.36. The Kier molecular flexibility index (Phi) is 4.99. The van der Waals surface area contributed by atoms with Gasteiger partial charge in [-0.2, -0.15) is 0 Å². The van der Waals surface area contributed by atoms with Gasteiger partial charge in [-0.1, -0.05) is 12.1 Å². The van der Waals surface area contributed by atoms with E-state index in [1.165, 1.54) is 0 Å². The molecular weight excluding hydrogens is 278 g/mol. The Labute approximate surface area is 130 Å². The molecule has 1 aromatic carbocycles. The monoisotopic (exact) mass is 299 g/mol.